The van der Waals surface area contributed by atoms with Crippen LogP contribution in [0.1, 0.15) is 29.4 Å². The fourth-order valence-corrected chi connectivity index (χ4v) is 2.30. The number of amides is 1. The van der Waals surface area contributed by atoms with E-state index < -0.39 is 6.04 Å². The Bertz CT molecular complexity index is 777. The second-order valence-corrected chi connectivity index (χ2v) is 6.06. The number of aromatic nitrogens is 1. The zero-order valence-corrected chi connectivity index (χ0v) is 14.8. The summed E-state index contributed by atoms with van der Waals surface area (Å²) >= 11 is 5.77. The zero-order chi connectivity index (χ0) is 17.9. The molecule has 0 fully saturated rings. The number of likely N-dealkylation sites (N-methyl/N-ethyl adjacent to an activating group) is 1. The standard InChI is InChI=1S/C17H19ClN4O2/c1-10-12(3)24-17(14(10)7-19)21-16(23)11(2)22(4)9-13-5-6-15(18)20-8-13/h5-6,8,11H,9H2,1-4H3,(H,21,23)/t11-/m0/s1. The van der Waals surface area contributed by atoms with E-state index in [0.29, 0.717) is 23.0 Å². The molecular formula is C17H19ClN4O2. The minimum absolute atomic E-state index is 0.200. The van der Waals surface area contributed by atoms with Gasteiger partial charge in [-0.25, -0.2) is 4.98 Å². The molecule has 6 nitrogen and oxygen atoms in total. The van der Waals surface area contributed by atoms with Crippen LogP contribution in [-0.2, 0) is 11.3 Å². The van der Waals surface area contributed by atoms with E-state index in [1.165, 1.54) is 0 Å². The van der Waals surface area contributed by atoms with Crippen molar-refractivity contribution >= 4 is 23.4 Å². The van der Waals surface area contributed by atoms with Crippen LogP contribution in [0.25, 0.3) is 0 Å². The van der Waals surface area contributed by atoms with Crippen molar-refractivity contribution in [3.05, 3.63) is 45.9 Å². The molecule has 0 saturated heterocycles. The summed E-state index contributed by atoms with van der Waals surface area (Å²) in [6.45, 7) is 5.87. The highest BCUT2D eigenvalue weighted by molar-refractivity contribution is 6.29. The van der Waals surface area contributed by atoms with Gasteiger partial charge in [-0.2, -0.15) is 5.26 Å². The van der Waals surface area contributed by atoms with Crippen molar-refractivity contribution in [2.75, 3.05) is 12.4 Å². The van der Waals surface area contributed by atoms with Gasteiger partial charge in [-0.15, -0.1) is 0 Å². The molecule has 2 heterocycles. The molecule has 0 spiro atoms. The second kappa shape index (κ2) is 7.47. The Morgan fingerprint density at radius 2 is 2.21 bits per heavy atom. The number of nitrogens with zero attached hydrogens (tertiary/aromatic N) is 3. The van der Waals surface area contributed by atoms with Crippen molar-refractivity contribution in [1.82, 2.24) is 9.88 Å². The highest BCUT2D eigenvalue weighted by Crippen LogP contribution is 2.25. The maximum Gasteiger partial charge on any atom is 0.243 e. The van der Waals surface area contributed by atoms with Gasteiger partial charge in [0.15, 0.2) is 0 Å². The van der Waals surface area contributed by atoms with E-state index in [2.05, 4.69) is 16.4 Å². The largest absolute Gasteiger partial charge is 0.444 e. The van der Waals surface area contributed by atoms with Crippen molar-refractivity contribution in [1.29, 1.82) is 5.26 Å². The Hall–Kier alpha value is -2.36. The summed E-state index contributed by atoms with van der Waals surface area (Å²) < 4.78 is 5.47. The van der Waals surface area contributed by atoms with Crippen LogP contribution in [-0.4, -0.2) is 28.9 Å². The summed E-state index contributed by atoms with van der Waals surface area (Å²) in [4.78, 5) is 18.3. The number of pyridine rings is 1. The second-order valence-electron chi connectivity index (χ2n) is 5.67. The minimum atomic E-state index is -0.419. The van der Waals surface area contributed by atoms with Crippen molar-refractivity contribution in [3.8, 4) is 6.07 Å². The third kappa shape index (κ3) is 3.94. The lowest BCUT2D eigenvalue weighted by molar-refractivity contribution is -0.120. The normalized spacial score (nSPS) is 12.0. The molecule has 0 unspecified atom stereocenters. The first-order chi connectivity index (χ1) is 11.3. The van der Waals surface area contributed by atoms with Crippen molar-refractivity contribution < 1.29 is 9.21 Å². The SMILES string of the molecule is Cc1oc(NC(=O)[C@H](C)N(C)Cc2ccc(Cl)nc2)c(C#N)c1C. The molecule has 0 radical (unpaired) electrons. The molecule has 0 aromatic carbocycles. The molecule has 24 heavy (non-hydrogen) atoms. The summed E-state index contributed by atoms with van der Waals surface area (Å²) in [5.41, 5.74) is 2.04. The number of furan rings is 1. The molecule has 126 valence electrons. The van der Waals surface area contributed by atoms with Crippen LogP contribution >= 0.6 is 11.6 Å². The first kappa shape index (κ1) is 18.0. The first-order valence-corrected chi connectivity index (χ1v) is 7.83. The number of carbonyl (C=O) groups is 1. The van der Waals surface area contributed by atoms with Gasteiger partial charge in [-0.05, 0) is 39.4 Å². The maximum absolute atomic E-state index is 12.4. The molecular weight excluding hydrogens is 328 g/mol. The third-order valence-corrected chi connectivity index (χ3v) is 4.22. The Labute approximate surface area is 146 Å². The average molecular weight is 347 g/mol. The number of anilines is 1. The van der Waals surface area contributed by atoms with Gasteiger partial charge in [-0.1, -0.05) is 17.7 Å². The molecule has 0 saturated carbocycles. The lowest BCUT2D eigenvalue weighted by Gasteiger charge is -2.23. The average Bonchev–Trinajstić information content (AvgIpc) is 2.82. The van der Waals surface area contributed by atoms with Gasteiger partial charge in [0, 0.05) is 18.3 Å². The molecule has 1 N–H and O–H groups in total. The van der Waals surface area contributed by atoms with Crippen LogP contribution in [0.4, 0.5) is 5.88 Å². The maximum atomic E-state index is 12.4. The van der Waals surface area contributed by atoms with E-state index in [-0.39, 0.29) is 11.8 Å². The Balaban J connectivity index is 2.05. The predicted molar refractivity (Wildman–Crippen MR) is 91.7 cm³/mol. The quantitative estimate of drug-likeness (QED) is 0.840. The molecule has 1 amide bonds. The summed E-state index contributed by atoms with van der Waals surface area (Å²) in [6, 6.07) is 5.22. The van der Waals surface area contributed by atoms with E-state index >= 15 is 0 Å². The molecule has 7 heteroatoms. The lowest BCUT2D eigenvalue weighted by atomic mass is 10.2. The fourth-order valence-electron chi connectivity index (χ4n) is 2.19. The number of hydrogen-bond acceptors (Lipinski definition) is 5. The highest BCUT2D eigenvalue weighted by atomic mass is 35.5. The van der Waals surface area contributed by atoms with Crippen molar-refractivity contribution in [3.63, 3.8) is 0 Å². The molecule has 0 aliphatic rings. The van der Waals surface area contributed by atoms with E-state index in [1.807, 2.05) is 18.0 Å². The van der Waals surface area contributed by atoms with Crippen LogP contribution in [0.2, 0.25) is 5.15 Å². The highest BCUT2D eigenvalue weighted by Gasteiger charge is 2.22. The minimum Gasteiger partial charge on any atom is -0.444 e. The first-order valence-electron chi connectivity index (χ1n) is 7.45. The number of nitrogens with one attached hydrogen (secondary N) is 1. The topological polar surface area (TPSA) is 82.2 Å². The Morgan fingerprint density at radius 1 is 1.50 bits per heavy atom. The Kier molecular flexibility index (Phi) is 5.60. The molecule has 0 aliphatic heterocycles. The van der Waals surface area contributed by atoms with E-state index in [4.69, 9.17) is 16.0 Å². The van der Waals surface area contributed by atoms with Gasteiger partial charge in [0.25, 0.3) is 0 Å². The number of hydrogen-bond donors (Lipinski definition) is 1. The van der Waals surface area contributed by atoms with Gasteiger partial charge in [0.2, 0.25) is 11.8 Å². The van der Waals surface area contributed by atoms with Crippen molar-refractivity contribution in [2.45, 2.75) is 33.4 Å². The number of carbonyl (C=O) groups excluding carboxylic acids is 1. The number of nitriles is 1. The Morgan fingerprint density at radius 3 is 2.79 bits per heavy atom. The van der Waals surface area contributed by atoms with Crippen LogP contribution in [0.3, 0.4) is 0 Å². The van der Waals surface area contributed by atoms with Gasteiger partial charge < -0.3 is 4.42 Å². The van der Waals surface area contributed by atoms with Crippen LogP contribution in [0.15, 0.2) is 22.7 Å². The molecule has 2 aromatic heterocycles. The van der Waals surface area contributed by atoms with Crippen LogP contribution in [0.5, 0.6) is 0 Å². The van der Waals surface area contributed by atoms with E-state index in [9.17, 15) is 10.1 Å². The fraction of sp³-hybridized carbons (Fsp3) is 0.353. The summed E-state index contributed by atoms with van der Waals surface area (Å²) in [5.74, 6) is 0.575. The van der Waals surface area contributed by atoms with Gasteiger partial charge in [-0.3, -0.25) is 15.0 Å². The summed E-state index contributed by atoms with van der Waals surface area (Å²) in [6.07, 6.45) is 1.68. The third-order valence-electron chi connectivity index (χ3n) is 4.00. The van der Waals surface area contributed by atoms with Gasteiger partial charge in [0.1, 0.15) is 22.5 Å². The zero-order valence-electron chi connectivity index (χ0n) is 14.1. The number of aryl methyl sites for hydroxylation is 1. The van der Waals surface area contributed by atoms with Gasteiger partial charge in [0.05, 0.1) is 6.04 Å². The van der Waals surface area contributed by atoms with E-state index in [0.717, 1.165) is 11.1 Å². The van der Waals surface area contributed by atoms with Crippen LogP contribution in [0, 0.1) is 25.2 Å². The smallest absolute Gasteiger partial charge is 0.243 e. The molecule has 0 aliphatic carbocycles. The monoisotopic (exact) mass is 346 g/mol. The molecule has 1 atom stereocenters. The van der Waals surface area contributed by atoms with Gasteiger partial charge >= 0.3 is 0 Å². The molecule has 2 rings (SSSR count). The lowest BCUT2D eigenvalue weighted by Crippen LogP contribution is -2.39. The van der Waals surface area contributed by atoms with E-state index in [1.54, 1.807) is 33.0 Å². The van der Waals surface area contributed by atoms with Crippen molar-refractivity contribution in [2.24, 2.45) is 0 Å². The summed E-state index contributed by atoms with van der Waals surface area (Å²) in [7, 11) is 1.84. The molecule has 2 aromatic rings. The molecule has 0 bridgehead atoms. The summed E-state index contributed by atoms with van der Waals surface area (Å²) in [5, 5.41) is 12.3. The number of halogens is 1. The van der Waals surface area contributed by atoms with Crippen LogP contribution < -0.4 is 5.32 Å². The predicted octanol–water partition coefficient (Wildman–Crippen LogP) is 3.28. The number of rotatable bonds is 5.